The molecule has 7 nitrogen and oxygen atoms in total. The van der Waals surface area contributed by atoms with Gasteiger partial charge in [-0.2, -0.15) is 0 Å². The molecule has 2 amide bonds. The Morgan fingerprint density at radius 1 is 1.35 bits per heavy atom. The standard InChI is InChI=1S/C16H23N3O4/c20-15-4-3-14(19(15)12-13-2-1-9-23-13)16(21)17-5-6-18-7-10-22-11-8-18/h1-2,9,14H,3-8,10-12H2,(H,17,21)/t14-/m0/s1. The first-order valence-corrected chi connectivity index (χ1v) is 8.14. The maximum Gasteiger partial charge on any atom is 0.242 e. The maximum absolute atomic E-state index is 12.4. The molecule has 2 aliphatic rings. The highest BCUT2D eigenvalue weighted by atomic mass is 16.5. The van der Waals surface area contributed by atoms with Crippen LogP contribution in [-0.2, 0) is 20.9 Å². The molecule has 1 aromatic rings. The van der Waals surface area contributed by atoms with E-state index in [1.807, 2.05) is 6.07 Å². The molecule has 0 aliphatic carbocycles. The molecule has 7 heteroatoms. The lowest BCUT2D eigenvalue weighted by atomic mass is 10.2. The number of hydrogen-bond acceptors (Lipinski definition) is 5. The number of likely N-dealkylation sites (tertiary alicyclic amines) is 1. The SMILES string of the molecule is O=C(NCCN1CCOCC1)[C@@H]1CCC(=O)N1Cc1ccco1. The molecule has 2 aliphatic heterocycles. The molecule has 0 spiro atoms. The molecule has 23 heavy (non-hydrogen) atoms. The van der Waals surface area contributed by atoms with E-state index in [0.717, 1.165) is 32.8 Å². The lowest BCUT2D eigenvalue weighted by Crippen LogP contribution is -2.47. The van der Waals surface area contributed by atoms with Crippen molar-refractivity contribution >= 4 is 11.8 Å². The number of furan rings is 1. The van der Waals surface area contributed by atoms with Gasteiger partial charge >= 0.3 is 0 Å². The van der Waals surface area contributed by atoms with Crippen molar-refractivity contribution in [3.05, 3.63) is 24.2 Å². The number of rotatable bonds is 6. The normalized spacial score (nSPS) is 22.5. The van der Waals surface area contributed by atoms with E-state index >= 15 is 0 Å². The van der Waals surface area contributed by atoms with E-state index in [2.05, 4.69) is 10.2 Å². The molecule has 126 valence electrons. The summed E-state index contributed by atoms with van der Waals surface area (Å²) >= 11 is 0. The van der Waals surface area contributed by atoms with Crippen LogP contribution in [0.5, 0.6) is 0 Å². The van der Waals surface area contributed by atoms with Crippen molar-refractivity contribution in [3.8, 4) is 0 Å². The second-order valence-corrected chi connectivity index (χ2v) is 5.90. The minimum atomic E-state index is -0.391. The van der Waals surface area contributed by atoms with Gasteiger partial charge < -0.3 is 19.4 Å². The number of hydrogen-bond donors (Lipinski definition) is 1. The Morgan fingerprint density at radius 2 is 2.17 bits per heavy atom. The van der Waals surface area contributed by atoms with Gasteiger partial charge in [0.25, 0.3) is 0 Å². The van der Waals surface area contributed by atoms with Gasteiger partial charge in [0, 0.05) is 32.6 Å². The predicted octanol–water partition coefficient (Wildman–Crippen LogP) is 0.219. The third kappa shape index (κ3) is 4.11. The van der Waals surface area contributed by atoms with Gasteiger partial charge in [-0.1, -0.05) is 0 Å². The van der Waals surface area contributed by atoms with E-state index in [4.69, 9.17) is 9.15 Å². The van der Waals surface area contributed by atoms with Crippen LogP contribution in [0.25, 0.3) is 0 Å². The Bertz CT molecular complexity index is 525. The van der Waals surface area contributed by atoms with Crippen molar-refractivity contribution in [1.82, 2.24) is 15.1 Å². The zero-order valence-electron chi connectivity index (χ0n) is 13.2. The molecule has 0 aromatic carbocycles. The van der Waals surface area contributed by atoms with Crippen molar-refractivity contribution in [2.24, 2.45) is 0 Å². The largest absolute Gasteiger partial charge is 0.467 e. The van der Waals surface area contributed by atoms with E-state index in [1.54, 1.807) is 17.2 Å². The quantitative estimate of drug-likeness (QED) is 0.811. The molecule has 0 unspecified atom stereocenters. The average molecular weight is 321 g/mol. The third-order valence-electron chi connectivity index (χ3n) is 4.37. The summed E-state index contributed by atoms with van der Waals surface area (Å²) in [6.07, 6.45) is 2.57. The number of amides is 2. The van der Waals surface area contributed by atoms with Gasteiger partial charge in [-0.25, -0.2) is 0 Å². The number of nitrogens with zero attached hydrogens (tertiary/aromatic N) is 2. The van der Waals surface area contributed by atoms with E-state index in [1.165, 1.54) is 0 Å². The molecular formula is C16H23N3O4. The third-order valence-corrected chi connectivity index (χ3v) is 4.37. The fourth-order valence-electron chi connectivity index (χ4n) is 3.05. The topological polar surface area (TPSA) is 75.0 Å². The van der Waals surface area contributed by atoms with Crippen molar-refractivity contribution in [3.63, 3.8) is 0 Å². The zero-order valence-corrected chi connectivity index (χ0v) is 13.2. The zero-order chi connectivity index (χ0) is 16.1. The van der Waals surface area contributed by atoms with Crippen LogP contribution in [0.15, 0.2) is 22.8 Å². The van der Waals surface area contributed by atoms with Gasteiger partial charge in [0.05, 0.1) is 26.0 Å². The number of carbonyl (C=O) groups excluding carboxylic acids is 2. The van der Waals surface area contributed by atoms with Crippen LogP contribution in [0.4, 0.5) is 0 Å². The van der Waals surface area contributed by atoms with Crippen molar-refractivity contribution in [2.75, 3.05) is 39.4 Å². The van der Waals surface area contributed by atoms with Crippen LogP contribution in [0.1, 0.15) is 18.6 Å². The summed E-state index contributed by atoms with van der Waals surface area (Å²) in [5.74, 6) is 0.636. The summed E-state index contributed by atoms with van der Waals surface area (Å²) < 4.78 is 10.6. The van der Waals surface area contributed by atoms with E-state index in [9.17, 15) is 9.59 Å². The summed E-state index contributed by atoms with van der Waals surface area (Å²) in [7, 11) is 0. The van der Waals surface area contributed by atoms with Crippen LogP contribution in [-0.4, -0.2) is 67.0 Å². The monoisotopic (exact) mass is 321 g/mol. The number of morpholine rings is 1. The van der Waals surface area contributed by atoms with Gasteiger partial charge in [0.1, 0.15) is 11.8 Å². The molecular weight excluding hydrogens is 298 g/mol. The molecule has 2 fully saturated rings. The molecule has 0 saturated carbocycles. The van der Waals surface area contributed by atoms with Gasteiger partial charge in [-0.15, -0.1) is 0 Å². The molecule has 2 saturated heterocycles. The molecule has 0 radical (unpaired) electrons. The maximum atomic E-state index is 12.4. The van der Waals surface area contributed by atoms with Gasteiger partial charge in [0.15, 0.2) is 0 Å². The second kappa shape index (κ2) is 7.61. The lowest BCUT2D eigenvalue weighted by Gasteiger charge is -2.27. The molecule has 1 aromatic heterocycles. The van der Waals surface area contributed by atoms with Crippen LogP contribution in [0, 0.1) is 0 Å². The van der Waals surface area contributed by atoms with Crippen LogP contribution in [0.2, 0.25) is 0 Å². The Morgan fingerprint density at radius 3 is 2.91 bits per heavy atom. The average Bonchev–Trinajstić information content (AvgIpc) is 3.20. The van der Waals surface area contributed by atoms with Gasteiger partial charge in [-0.05, 0) is 18.6 Å². The molecule has 3 heterocycles. The summed E-state index contributed by atoms with van der Waals surface area (Å²) in [5.41, 5.74) is 0. The first-order chi connectivity index (χ1) is 11.2. The highest BCUT2D eigenvalue weighted by Crippen LogP contribution is 2.21. The van der Waals surface area contributed by atoms with Crippen LogP contribution in [0.3, 0.4) is 0 Å². The molecule has 3 rings (SSSR count). The molecule has 0 bridgehead atoms. The smallest absolute Gasteiger partial charge is 0.242 e. The highest BCUT2D eigenvalue weighted by Gasteiger charge is 2.36. The summed E-state index contributed by atoms with van der Waals surface area (Å²) in [6, 6.07) is 3.21. The minimum Gasteiger partial charge on any atom is -0.467 e. The van der Waals surface area contributed by atoms with Crippen LogP contribution >= 0.6 is 0 Å². The predicted molar refractivity (Wildman–Crippen MR) is 82.5 cm³/mol. The van der Waals surface area contributed by atoms with E-state index < -0.39 is 6.04 Å². The van der Waals surface area contributed by atoms with Crippen LogP contribution < -0.4 is 5.32 Å². The Labute approximate surface area is 135 Å². The van der Waals surface area contributed by atoms with Gasteiger partial charge in [-0.3, -0.25) is 14.5 Å². The van der Waals surface area contributed by atoms with E-state index in [0.29, 0.717) is 31.7 Å². The fraction of sp³-hybridized carbons (Fsp3) is 0.625. The Kier molecular flexibility index (Phi) is 5.30. The Balaban J connectivity index is 1.48. The Hall–Kier alpha value is -1.86. The first-order valence-electron chi connectivity index (χ1n) is 8.14. The number of nitrogens with one attached hydrogen (secondary N) is 1. The number of carbonyl (C=O) groups is 2. The summed E-state index contributed by atoms with van der Waals surface area (Å²) in [4.78, 5) is 28.3. The van der Waals surface area contributed by atoms with Crippen molar-refractivity contribution in [1.29, 1.82) is 0 Å². The lowest BCUT2D eigenvalue weighted by molar-refractivity contribution is -0.136. The van der Waals surface area contributed by atoms with Crippen molar-refractivity contribution in [2.45, 2.75) is 25.4 Å². The fourth-order valence-corrected chi connectivity index (χ4v) is 3.05. The highest BCUT2D eigenvalue weighted by molar-refractivity contribution is 5.90. The number of ether oxygens (including phenoxy) is 1. The molecule has 1 N–H and O–H groups in total. The molecule has 1 atom stereocenters. The summed E-state index contributed by atoms with van der Waals surface area (Å²) in [6.45, 7) is 5.08. The van der Waals surface area contributed by atoms with Gasteiger partial charge in [0.2, 0.25) is 11.8 Å². The second-order valence-electron chi connectivity index (χ2n) is 5.90. The first kappa shape index (κ1) is 16.0. The minimum absolute atomic E-state index is 0.00901. The van der Waals surface area contributed by atoms with Crippen molar-refractivity contribution < 1.29 is 18.7 Å². The van der Waals surface area contributed by atoms with E-state index in [-0.39, 0.29) is 11.8 Å². The summed E-state index contributed by atoms with van der Waals surface area (Å²) in [5, 5.41) is 2.96.